The van der Waals surface area contributed by atoms with E-state index in [9.17, 15) is 4.79 Å². The summed E-state index contributed by atoms with van der Waals surface area (Å²) < 4.78 is 6.50. The number of rotatable bonds is 5. The van der Waals surface area contributed by atoms with E-state index in [0.29, 0.717) is 12.3 Å². The number of thiazole rings is 1. The molecule has 0 saturated heterocycles. The van der Waals surface area contributed by atoms with E-state index in [-0.39, 0.29) is 6.42 Å². The van der Waals surface area contributed by atoms with Gasteiger partial charge in [-0.25, -0.2) is 4.98 Å². The maximum Gasteiger partial charge on any atom is 0.309 e. The van der Waals surface area contributed by atoms with Crippen molar-refractivity contribution in [2.24, 2.45) is 0 Å². The lowest BCUT2D eigenvalue weighted by molar-refractivity contribution is -0.136. The van der Waals surface area contributed by atoms with Gasteiger partial charge in [-0.05, 0) is 25.1 Å². The molecule has 0 amide bonds. The van der Waals surface area contributed by atoms with Crippen LogP contribution in [0.1, 0.15) is 12.6 Å². The summed E-state index contributed by atoms with van der Waals surface area (Å²) in [5, 5.41) is 11.3. The Balaban J connectivity index is 2.37. The van der Waals surface area contributed by atoms with E-state index >= 15 is 0 Å². The van der Waals surface area contributed by atoms with Crippen LogP contribution in [0.5, 0.6) is 5.75 Å². The molecule has 100 valence electrons. The average Bonchev–Trinajstić information content (AvgIpc) is 2.79. The number of carboxylic acid groups (broad SMARTS) is 1. The van der Waals surface area contributed by atoms with Crippen molar-refractivity contribution < 1.29 is 14.6 Å². The summed E-state index contributed by atoms with van der Waals surface area (Å²) in [5.41, 5.74) is 1.44. The van der Waals surface area contributed by atoms with E-state index in [4.69, 9.17) is 9.84 Å². The highest BCUT2D eigenvalue weighted by molar-refractivity contribution is 9.10. The van der Waals surface area contributed by atoms with Crippen LogP contribution in [0, 0.1) is 0 Å². The predicted octanol–water partition coefficient (Wildman–Crippen LogP) is 3.60. The number of aromatic nitrogens is 1. The Morgan fingerprint density at radius 1 is 1.53 bits per heavy atom. The van der Waals surface area contributed by atoms with Gasteiger partial charge < -0.3 is 9.84 Å². The fourth-order valence-electron chi connectivity index (χ4n) is 1.62. The van der Waals surface area contributed by atoms with Crippen LogP contribution in [-0.4, -0.2) is 22.7 Å². The number of carboxylic acids is 1. The van der Waals surface area contributed by atoms with E-state index in [1.54, 1.807) is 5.38 Å². The van der Waals surface area contributed by atoms with Gasteiger partial charge >= 0.3 is 5.97 Å². The van der Waals surface area contributed by atoms with E-state index in [0.717, 1.165) is 20.8 Å². The zero-order chi connectivity index (χ0) is 13.8. The standard InChI is InChI=1S/C13H12BrNO3S/c1-2-18-11-4-3-8(14)5-10(11)13-15-9(7-19-13)6-12(16)17/h3-5,7H,2,6H2,1H3,(H,16,17). The molecular weight excluding hydrogens is 330 g/mol. The summed E-state index contributed by atoms with van der Waals surface area (Å²) in [4.78, 5) is 15.0. The normalized spacial score (nSPS) is 10.4. The molecule has 0 saturated carbocycles. The van der Waals surface area contributed by atoms with Crippen LogP contribution in [-0.2, 0) is 11.2 Å². The van der Waals surface area contributed by atoms with Crippen molar-refractivity contribution in [2.45, 2.75) is 13.3 Å². The van der Waals surface area contributed by atoms with Crippen LogP contribution >= 0.6 is 27.3 Å². The monoisotopic (exact) mass is 341 g/mol. The van der Waals surface area contributed by atoms with E-state index in [1.807, 2.05) is 25.1 Å². The van der Waals surface area contributed by atoms with Crippen LogP contribution in [0.15, 0.2) is 28.1 Å². The molecule has 0 aliphatic carbocycles. The van der Waals surface area contributed by atoms with Gasteiger partial charge in [0, 0.05) is 9.85 Å². The maximum atomic E-state index is 10.7. The first-order chi connectivity index (χ1) is 9.10. The number of ether oxygens (including phenoxy) is 1. The zero-order valence-electron chi connectivity index (χ0n) is 10.2. The van der Waals surface area contributed by atoms with Gasteiger partial charge in [0.05, 0.1) is 24.3 Å². The maximum absolute atomic E-state index is 10.7. The van der Waals surface area contributed by atoms with Crippen molar-refractivity contribution in [2.75, 3.05) is 6.61 Å². The second-order valence-electron chi connectivity index (χ2n) is 3.79. The molecule has 6 heteroatoms. The minimum absolute atomic E-state index is 0.0610. The van der Waals surface area contributed by atoms with Gasteiger partial charge in [0.25, 0.3) is 0 Å². The molecule has 0 aliphatic rings. The third-order valence-corrected chi connectivity index (χ3v) is 3.77. The number of nitrogens with zero attached hydrogens (tertiary/aromatic N) is 1. The van der Waals surface area contributed by atoms with Crippen LogP contribution < -0.4 is 4.74 Å². The van der Waals surface area contributed by atoms with Crippen LogP contribution in [0.25, 0.3) is 10.6 Å². The molecule has 19 heavy (non-hydrogen) atoms. The molecule has 1 heterocycles. The lowest BCUT2D eigenvalue weighted by Gasteiger charge is -2.08. The third-order valence-electron chi connectivity index (χ3n) is 2.36. The van der Waals surface area contributed by atoms with Gasteiger partial charge in [-0.3, -0.25) is 4.79 Å². The Labute approximate surface area is 123 Å². The van der Waals surface area contributed by atoms with Gasteiger partial charge in [-0.2, -0.15) is 0 Å². The molecule has 0 radical (unpaired) electrons. The SMILES string of the molecule is CCOc1ccc(Br)cc1-c1nc(CC(=O)O)cs1. The second-order valence-corrected chi connectivity index (χ2v) is 5.56. The van der Waals surface area contributed by atoms with Crippen molar-refractivity contribution >= 4 is 33.2 Å². The Morgan fingerprint density at radius 3 is 3.00 bits per heavy atom. The first-order valence-corrected chi connectivity index (χ1v) is 7.36. The minimum atomic E-state index is -0.879. The summed E-state index contributed by atoms with van der Waals surface area (Å²) in [6.45, 7) is 2.49. The Hall–Kier alpha value is -1.40. The number of hydrogen-bond acceptors (Lipinski definition) is 4. The van der Waals surface area contributed by atoms with Crippen molar-refractivity contribution in [1.82, 2.24) is 4.98 Å². The number of halogens is 1. The first kappa shape index (κ1) is 14.0. The van der Waals surface area contributed by atoms with Crippen LogP contribution in [0.3, 0.4) is 0 Å². The van der Waals surface area contributed by atoms with Gasteiger partial charge in [-0.15, -0.1) is 11.3 Å². The highest BCUT2D eigenvalue weighted by Gasteiger charge is 2.12. The molecule has 2 aromatic rings. The number of aliphatic carboxylic acids is 1. The number of benzene rings is 1. The topological polar surface area (TPSA) is 59.4 Å². The smallest absolute Gasteiger partial charge is 0.309 e. The summed E-state index contributed by atoms with van der Waals surface area (Å²) in [6.07, 6.45) is -0.0610. The summed E-state index contributed by atoms with van der Waals surface area (Å²) in [5.74, 6) is -0.127. The van der Waals surface area contributed by atoms with Crippen molar-refractivity contribution in [3.63, 3.8) is 0 Å². The molecule has 2 rings (SSSR count). The molecule has 1 aromatic carbocycles. The van der Waals surface area contributed by atoms with Crippen molar-refractivity contribution in [1.29, 1.82) is 0 Å². The lowest BCUT2D eigenvalue weighted by atomic mass is 10.2. The first-order valence-electron chi connectivity index (χ1n) is 5.69. The molecule has 0 bridgehead atoms. The largest absolute Gasteiger partial charge is 0.493 e. The molecule has 0 atom stereocenters. The number of hydrogen-bond donors (Lipinski definition) is 1. The number of carbonyl (C=O) groups is 1. The quantitative estimate of drug-likeness (QED) is 0.902. The highest BCUT2D eigenvalue weighted by Crippen LogP contribution is 2.34. The van der Waals surface area contributed by atoms with Gasteiger partial charge in [0.1, 0.15) is 10.8 Å². The van der Waals surface area contributed by atoms with E-state index < -0.39 is 5.97 Å². The third kappa shape index (κ3) is 3.54. The van der Waals surface area contributed by atoms with Gasteiger partial charge in [0.2, 0.25) is 0 Å². The van der Waals surface area contributed by atoms with Crippen molar-refractivity contribution in [3.05, 3.63) is 33.7 Å². The van der Waals surface area contributed by atoms with E-state index in [2.05, 4.69) is 20.9 Å². The molecule has 1 aromatic heterocycles. The summed E-state index contributed by atoms with van der Waals surface area (Å²) in [6, 6.07) is 5.70. The fourth-order valence-corrected chi connectivity index (χ4v) is 2.82. The molecular formula is C13H12BrNO3S. The lowest BCUT2D eigenvalue weighted by Crippen LogP contribution is -2.00. The Bertz CT molecular complexity index is 597. The highest BCUT2D eigenvalue weighted by atomic mass is 79.9. The molecule has 0 spiro atoms. The zero-order valence-corrected chi connectivity index (χ0v) is 12.6. The molecule has 1 N–H and O–H groups in total. The fraction of sp³-hybridized carbons (Fsp3) is 0.231. The molecule has 0 unspecified atom stereocenters. The van der Waals surface area contributed by atoms with Gasteiger partial charge in [-0.1, -0.05) is 15.9 Å². The van der Waals surface area contributed by atoms with Crippen molar-refractivity contribution in [3.8, 4) is 16.3 Å². The predicted molar refractivity (Wildman–Crippen MR) is 77.8 cm³/mol. The van der Waals surface area contributed by atoms with Gasteiger partial charge in [0.15, 0.2) is 0 Å². The summed E-state index contributed by atoms with van der Waals surface area (Å²) in [7, 11) is 0. The van der Waals surface area contributed by atoms with Crippen LogP contribution in [0.2, 0.25) is 0 Å². The molecule has 0 aliphatic heterocycles. The summed E-state index contributed by atoms with van der Waals surface area (Å²) >= 11 is 4.84. The second kappa shape index (κ2) is 6.16. The molecule has 0 fully saturated rings. The average molecular weight is 342 g/mol. The molecule has 4 nitrogen and oxygen atoms in total. The van der Waals surface area contributed by atoms with Crippen LogP contribution in [0.4, 0.5) is 0 Å². The Morgan fingerprint density at radius 2 is 2.32 bits per heavy atom. The van der Waals surface area contributed by atoms with E-state index in [1.165, 1.54) is 11.3 Å². The minimum Gasteiger partial charge on any atom is -0.493 e. The Kier molecular flexibility index (Phi) is 4.55.